The van der Waals surface area contributed by atoms with Crippen molar-refractivity contribution in [3.05, 3.63) is 23.8 Å². The lowest BCUT2D eigenvalue weighted by molar-refractivity contribution is 0.0692. The van der Waals surface area contributed by atoms with E-state index in [0.29, 0.717) is 18.0 Å². The number of benzene rings is 1. The van der Waals surface area contributed by atoms with E-state index in [0.717, 1.165) is 5.75 Å². The molecule has 0 spiro atoms. The van der Waals surface area contributed by atoms with Gasteiger partial charge in [0.15, 0.2) is 0 Å². The summed E-state index contributed by atoms with van der Waals surface area (Å²) in [4.78, 5) is 10.8. The lowest BCUT2D eigenvalue weighted by Crippen LogP contribution is -2.06. The number of hydrogen-bond acceptors (Lipinski definition) is 4. The molecule has 0 saturated carbocycles. The Balaban J connectivity index is 2.82. The maximum atomic E-state index is 10.8. The number of hydrogen-bond donors (Lipinski definition) is 2. The first kappa shape index (κ1) is 11.7. The molecule has 0 aliphatic rings. The van der Waals surface area contributed by atoms with Crippen LogP contribution in [0.25, 0.3) is 0 Å². The molecule has 1 aromatic carbocycles. The summed E-state index contributed by atoms with van der Waals surface area (Å²) >= 11 is 1.64. The molecular weight excluding hydrogens is 214 g/mol. The molecule has 0 radical (unpaired) electrons. The van der Waals surface area contributed by atoms with Crippen LogP contribution in [0.15, 0.2) is 18.2 Å². The van der Waals surface area contributed by atoms with Gasteiger partial charge in [0.1, 0.15) is 11.3 Å². The van der Waals surface area contributed by atoms with E-state index in [1.54, 1.807) is 17.8 Å². The van der Waals surface area contributed by atoms with Crippen molar-refractivity contribution >= 4 is 23.4 Å². The second kappa shape index (κ2) is 5.50. The van der Waals surface area contributed by atoms with Crippen molar-refractivity contribution in [1.82, 2.24) is 0 Å². The van der Waals surface area contributed by atoms with Gasteiger partial charge in [-0.1, -0.05) is 0 Å². The van der Waals surface area contributed by atoms with E-state index in [-0.39, 0.29) is 5.56 Å². The highest BCUT2D eigenvalue weighted by Gasteiger charge is 2.10. The molecule has 0 bridgehead atoms. The maximum Gasteiger partial charge on any atom is 0.339 e. The van der Waals surface area contributed by atoms with Gasteiger partial charge >= 0.3 is 5.97 Å². The second-order valence-electron chi connectivity index (χ2n) is 2.90. The van der Waals surface area contributed by atoms with Crippen LogP contribution < -0.4 is 10.5 Å². The van der Waals surface area contributed by atoms with Crippen molar-refractivity contribution in [2.45, 2.75) is 0 Å². The zero-order chi connectivity index (χ0) is 11.3. The summed E-state index contributed by atoms with van der Waals surface area (Å²) in [5, 5.41) is 8.89. The van der Waals surface area contributed by atoms with Crippen molar-refractivity contribution in [1.29, 1.82) is 0 Å². The third kappa shape index (κ3) is 3.36. The summed E-state index contributed by atoms with van der Waals surface area (Å²) in [6.07, 6.45) is 1.96. The molecule has 1 rings (SSSR count). The molecule has 5 heteroatoms. The fourth-order valence-corrected chi connectivity index (χ4v) is 1.32. The van der Waals surface area contributed by atoms with Crippen molar-refractivity contribution in [2.75, 3.05) is 24.3 Å². The van der Waals surface area contributed by atoms with Gasteiger partial charge in [-0.15, -0.1) is 0 Å². The van der Waals surface area contributed by atoms with Crippen molar-refractivity contribution in [3.63, 3.8) is 0 Å². The van der Waals surface area contributed by atoms with E-state index in [4.69, 9.17) is 15.6 Å². The number of anilines is 1. The Hall–Kier alpha value is -1.36. The SMILES string of the molecule is CSCCOc1cc(N)ccc1C(=O)O. The molecule has 0 amide bonds. The minimum Gasteiger partial charge on any atom is -0.492 e. The van der Waals surface area contributed by atoms with Crippen LogP contribution in [0.2, 0.25) is 0 Å². The Morgan fingerprint density at radius 1 is 1.60 bits per heavy atom. The fraction of sp³-hybridized carbons (Fsp3) is 0.300. The quantitative estimate of drug-likeness (QED) is 0.591. The highest BCUT2D eigenvalue weighted by atomic mass is 32.2. The van der Waals surface area contributed by atoms with E-state index in [1.165, 1.54) is 12.1 Å². The molecule has 82 valence electrons. The molecular formula is C10H13NO3S. The average molecular weight is 227 g/mol. The predicted octanol–water partition coefficient (Wildman–Crippen LogP) is 1.71. The zero-order valence-electron chi connectivity index (χ0n) is 8.40. The summed E-state index contributed by atoms with van der Waals surface area (Å²) < 4.78 is 5.34. The molecule has 4 nitrogen and oxygen atoms in total. The van der Waals surface area contributed by atoms with Crippen LogP contribution in [0, 0.1) is 0 Å². The number of carboxylic acids is 1. The molecule has 0 heterocycles. The number of carbonyl (C=O) groups is 1. The van der Waals surface area contributed by atoms with Gasteiger partial charge in [0.25, 0.3) is 0 Å². The normalized spacial score (nSPS) is 9.93. The summed E-state index contributed by atoms with van der Waals surface area (Å²) in [7, 11) is 0. The number of thioether (sulfide) groups is 1. The van der Waals surface area contributed by atoms with Gasteiger partial charge in [0.2, 0.25) is 0 Å². The van der Waals surface area contributed by atoms with E-state index in [9.17, 15) is 4.79 Å². The largest absolute Gasteiger partial charge is 0.492 e. The molecule has 0 atom stereocenters. The van der Waals surface area contributed by atoms with Crippen LogP contribution in [0.1, 0.15) is 10.4 Å². The number of nitrogens with two attached hydrogens (primary N) is 1. The van der Waals surface area contributed by atoms with Gasteiger partial charge in [0.05, 0.1) is 6.61 Å². The number of ether oxygens (including phenoxy) is 1. The van der Waals surface area contributed by atoms with Crippen LogP contribution in [0.5, 0.6) is 5.75 Å². The molecule has 15 heavy (non-hydrogen) atoms. The molecule has 0 unspecified atom stereocenters. The number of aromatic carboxylic acids is 1. The van der Waals surface area contributed by atoms with Gasteiger partial charge in [-0.25, -0.2) is 4.79 Å². The van der Waals surface area contributed by atoms with Gasteiger partial charge in [0, 0.05) is 17.5 Å². The van der Waals surface area contributed by atoms with E-state index in [1.807, 2.05) is 6.26 Å². The standard InChI is InChI=1S/C10H13NO3S/c1-15-5-4-14-9-6-7(11)2-3-8(9)10(12)13/h2-3,6H,4-5,11H2,1H3,(H,12,13). The first-order valence-corrected chi connectivity index (χ1v) is 5.79. The first-order chi connectivity index (χ1) is 7.15. The number of nitrogen functional groups attached to an aromatic ring is 1. The highest BCUT2D eigenvalue weighted by Crippen LogP contribution is 2.21. The van der Waals surface area contributed by atoms with E-state index < -0.39 is 5.97 Å². The lowest BCUT2D eigenvalue weighted by Gasteiger charge is -2.08. The summed E-state index contributed by atoms with van der Waals surface area (Å²) in [5.74, 6) is 0.138. The molecule has 0 aromatic heterocycles. The van der Waals surface area contributed by atoms with Crippen LogP contribution >= 0.6 is 11.8 Å². The third-order valence-electron chi connectivity index (χ3n) is 1.78. The maximum absolute atomic E-state index is 10.8. The molecule has 0 aliphatic heterocycles. The lowest BCUT2D eigenvalue weighted by atomic mass is 10.2. The van der Waals surface area contributed by atoms with E-state index in [2.05, 4.69) is 0 Å². The molecule has 0 fully saturated rings. The van der Waals surface area contributed by atoms with Crippen LogP contribution in [0.4, 0.5) is 5.69 Å². The smallest absolute Gasteiger partial charge is 0.339 e. The minimum absolute atomic E-state index is 0.144. The summed E-state index contributed by atoms with van der Waals surface area (Å²) in [5.41, 5.74) is 6.20. The topological polar surface area (TPSA) is 72.5 Å². The van der Waals surface area contributed by atoms with Crippen molar-refractivity contribution in [2.24, 2.45) is 0 Å². The summed E-state index contributed by atoms with van der Waals surface area (Å²) in [6.45, 7) is 0.477. The van der Waals surface area contributed by atoms with Crippen LogP contribution in [-0.2, 0) is 0 Å². The van der Waals surface area contributed by atoms with Crippen LogP contribution in [0.3, 0.4) is 0 Å². The Labute approximate surface area is 92.4 Å². The Morgan fingerprint density at radius 2 is 2.33 bits per heavy atom. The van der Waals surface area contributed by atoms with Crippen LogP contribution in [-0.4, -0.2) is 29.7 Å². The number of carboxylic acid groups (broad SMARTS) is 1. The Kier molecular flexibility index (Phi) is 4.30. The Morgan fingerprint density at radius 3 is 2.93 bits per heavy atom. The van der Waals surface area contributed by atoms with Gasteiger partial charge in [-0.3, -0.25) is 0 Å². The molecule has 3 N–H and O–H groups in total. The molecule has 0 aliphatic carbocycles. The average Bonchev–Trinajstić information content (AvgIpc) is 2.18. The zero-order valence-corrected chi connectivity index (χ0v) is 9.21. The fourth-order valence-electron chi connectivity index (χ4n) is 1.07. The minimum atomic E-state index is -1.01. The van der Waals surface area contributed by atoms with E-state index >= 15 is 0 Å². The third-order valence-corrected chi connectivity index (χ3v) is 2.36. The highest BCUT2D eigenvalue weighted by molar-refractivity contribution is 7.98. The Bertz CT molecular complexity index is 355. The van der Waals surface area contributed by atoms with Crippen molar-refractivity contribution in [3.8, 4) is 5.75 Å². The monoisotopic (exact) mass is 227 g/mol. The summed E-state index contributed by atoms with van der Waals surface area (Å²) in [6, 6.07) is 4.53. The van der Waals surface area contributed by atoms with Crippen molar-refractivity contribution < 1.29 is 14.6 Å². The second-order valence-corrected chi connectivity index (χ2v) is 3.89. The number of rotatable bonds is 5. The predicted molar refractivity (Wildman–Crippen MR) is 61.7 cm³/mol. The first-order valence-electron chi connectivity index (χ1n) is 4.39. The van der Waals surface area contributed by atoms with Gasteiger partial charge in [-0.05, 0) is 18.4 Å². The van der Waals surface area contributed by atoms with Gasteiger partial charge in [-0.2, -0.15) is 11.8 Å². The molecule has 0 saturated heterocycles. The van der Waals surface area contributed by atoms with Gasteiger partial charge < -0.3 is 15.6 Å². The molecule has 1 aromatic rings.